The minimum absolute atomic E-state index is 0.183. The summed E-state index contributed by atoms with van der Waals surface area (Å²) in [5.74, 6) is 0.578. The Bertz CT molecular complexity index is 1050. The number of ether oxygens (including phenoxy) is 3. The third-order valence-electron chi connectivity index (χ3n) is 4.22. The number of carbonyl (C=O) groups excluding carboxylic acids is 2. The lowest BCUT2D eigenvalue weighted by molar-refractivity contribution is 0.0734. The second kappa shape index (κ2) is 10.5. The van der Waals surface area contributed by atoms with Gasteiger partial charge in [0, 0.05) is 10.6 Å². The van der Waals surface area contributed by atoms with E-state index in [1.807, 2.05) is 13.8 Å². The minimum Gasteiger partial charge on any atom is -0.494 e. The summed E-state index contributed by atoms with van der Waals surface area (Å²) >= 11 is 6.08. The summed E-state index contributed by atoms with van der Waals surface area (Å²) in [5.41, 5.74) is 1.06. The molecule has 0 unspecified atom stereocenters. The second-order valence-corrected chi connectivity index (χ2v) is 6.84. The van der Waals surface area contributed by atoms with Crippen molar-refractivity contribution in [2.45, 2.75) is 13.8 Å². The van der Waals surface area contributed by atoms with Gasteiger partial charge in [0.25, 0.3) is 5.91 Å². The molecule has 0 aliphatic heterocycles. The predicted molar refractivity (Wildman–Crippen MR) is 120 cm³/mol. The quantitative estimate of drug-likeness (QED) is 0.365. The summed E-state index contributed by atoms with van der Waals surface area (Å²) in [6.07, 6.45) is 0. The maximum Gasteiger partial charge on any atom is 0.343 e. The molecule has 0 aliphatic rings. The number of anilines is 1. The van der Waals surface area contributed by atoms with E-state index in [2.05, 4.69) is 5.32 Å². The summed E-state index contributed by atoms with van der Waals surface area (Å²) in [6.45, 7) is 4.84. The fourth-order valence-corrected chi connectivity index (χ4v) is 2.94. The van der Waals surface area contributed by atoms with Gasteiger partial charge in [0.15, 0.2) is 5.75 Å². The monoisotopic (exact) mass is 439 g/mol. The number of benzene rings is 3. The van der Waals surface area contributed by atoms with Crippen LogP contribution in [0.2, 0.25) is 5.02 Å². The normalized spacial score (nSPS) is 10.3. The van der Waals surface area contributed by atoms with Crippen molar-refractivity contribution in [1.82, 2.24) is 0 Å². The van der Waals surface area contributed by atoms with Crippen LogP contribution in [0.3, 0.4) is 0 Å². The molecule has 0 aromatic heterocycles. The van der Waals surface area contributed by atoms with Gasteiger partial charge in [0.1, 0.15) is 11.5 Å². The van der Waals surface area contributed by atoms with Crippen molar-refractivity contribution in [3.8, 4) is 17.2 Å². The molecule has 1 N–H and O–H groups in total. The molecule has 0 bridgehead atoms. The number of esters is 1. The van der Waals surface area contributed by atoms with Crippen molar-refractivity contribution in [3.05, 3.63) is 82.9 Å². The zero-order valence-electron chi connectivity index (χ0n) is 17.2. The SMILES string of the molecule is CCOc1ccc(C(=O)Nc2cc(Cl)ccc2OC(=O)c2ccc(OCC)cc2)cc1. The smallest absolute Gasteiger partial charge is 0.343 e. The summed E-state index contributed by atoms with van der Waals surface area (Å²) in [7, 11) is 0. The van der Waals surface area contributed by atoms with Gasteiger partial charge < -0.3 is 19.5 Å². The Kier molecular flexibility index (Phi) is 7.51. The Balaban J connectivity index is 1.75. The third-order valence-corrected chi connectivity index (χ3v) is 4.46. The van der Waals surface area contributed by atoms with Crippen LogP contribution in [0.5, 0.6) is 17.2 Å². The van der Waals surface area contributed by atoms with Gasteiger partial charge in [-0.15, -0.1) is 0 Å². The Morgan fingerprint density at radius 2 is 1.35 bits per heavy atom. The molecule has 3 aromatic rings. The Morgan fingerprint density at radius 3 is 1.90 bits per heavy atom. The lowest BCUT2D eigenvalue weighted by Gasteiger charge is -2.12. The zero-order valence-corrected chi connectivity index (χ0v) is 17.9. The molecule has 1 amide bonds. The predicted octanol–water partition coefficient (Wildman–Crippen LogP) is 5.61. The number of amides is 1. The fraction of sp³-hybridized carbons (Fsp3) is 0.167. The van der Waals surface area contributed by atoms with Crippen molar-refractivity contribution < 1.29 is 23.8 Å². The van der Waals surface area contributed by atoms with Gasteiger partial charge in [0.05, 0.1) is 24.5 Å². The Morgan fingerprint density at radius 1 is 0.806 bits per heavy atom. The molecular weight excluding hydrogens is 418 g/mol. The average Bonchev–Trinajstić information content (AvgIpc) is 2.77. The molecule has 6 nitrogen and oxygen atoms in total. The molecule has 3 aromatic carbocycles. The molecule has 0 spiro atoms. The molecule has 0 aliphatic carbocycles. The summed E-state index contributed by atoms with van der Waals surface area (Å²) < 4.78 is 16.3. The first-order valence-electron chi connectivity index (χ1n) is 9.79. The second-order valence-electron chi connectivity index (χ2n) is 6.40. The maximum atomic E-state index is 12.7. The summed E-state index contributed by atoms with van der Waals surface area (Å²) in [5, 5.41) is 3.13. The van der Waals surface area contributed by atoms with E-state index in [4.69, 9.17) is 25.8 Å². The van der Waals surface area contributed by atoms with Crippen LogP contribution in [-0.2, 0) is 0 Å². The molecule has 31 heavy (non-hydrogen) atoms. The molecular formula is C24H22ClNO5. The van der Waals surface area contributed by atoms with Crippen LogP contribution in [0.15, 0.2) is 66.7 Å². The highest BCUT2D eigenvalue weighted by Crippen LogP contribution is 2.29. The largest absolute Gasteiger partial charge is 0.494 e. The third kappa shape index (κ3) is 5.99. The number of halogens is 1. The fourth-order valence-electron chi connectivity index (χ4n) is 2.77. The molecule has 0 radical (unpaired) electrons. The number of hydrogen-bond donors (Lipinski definition) is 1. The van der Waals surface area contributed by atoms with E-state index in [1.165, 1.54) is 12.1 Å². The van der Waals surface area contributed by atoms with Crippen molar-refractivity contribution in [2.75, 3.05) is 18.5 Å². The lowest BCUT2D eigenvalue weighted by Crippen LogP contribution is -2.15. The molecule has 0 saturated carbocycles. The number of hydrogen-bond acceptors (Lipinski definition) is 5. The van der Waals surface area contributed by atoms with E-state index < -0.39 is 5.97 Å². The first kappa shape index (κ1) is 22.2. The average molecular weight is 440 g/mol. The molecule has 0 atom stereocenters. The van der Waals surface area contributed by atoms with Crippen LogP contribution in [-0.4, -0.2) is 25.1 Å². The molecule has 0 fully saturated rings. The summed E-state index contributed by atoms with van der Waals surface area (Å²) in [6, 6.07) is 18.0. The maximum absolute atomic E-state index is 12.7. The van der Waals surface area contributed by atoms with Crippen LogP contribution in [0.4, 0.5) is 5.69 Å². The minimum atomic E-state index is -0.568. The van der Waals surface area contributed by atoms with E-state index in [1.54, 1.807) is 54.6 Å². The van der Waals surface area contributed by atoms with E-state index >= 15 is 0 Å². The van der Waals surface area contributed by atoms with Crippen molar-refractivity contribution in [1.29, 1.82) is 0 Å². The van der Waals surface area contributed by atoms with Crippen molar-refractivity contribution in [3.63, 3.8) is 0 Å². The standard InChI is InChI=1S/C24H22ClNO5/c1-3-29-19-10-5-16(6-11-19)23(27)26-21-15-18(25)9-14-22(21)31-24(28)17-7-12-20(13-8-17)30-4-2/h5-15H,3-4H2,1-2H3,(H,26,27). The van der Waals surface area contributed by atoms with Gasteiger partial charge >= 0.3 is 5.97 Å². The van der Waals surface area contributed by atoms with Gasteiger partial charge in [-0.25, -0.2) is 4.79 Å². The van der Waals surface area contributed by atoms with Gasteiger partial charge in [-0.05, 0) is 80.6 Å². The van der Waals surface area contributed by atoms with Crippen LogP contribution in [0.25, 0.3) is 0 Å². The van der Waals surface area contributed by atoms with Crippen molar-refractivity contribution in [2.24, 2.45) is 0 Å². The van der Waals surface area contributed by atoms with E-state index in [-0.39, 0.29) is 17.3 Å². The number of rotatable bonds is 8. The lowest BCUT2D eigenvalue weighted by atomic mass is 10.2. The first-order valence-corrected chi connectivity index (χ1v) is 10.2. The molecule has 0 saturated heterocycles. The van der Waals surface area contributed by atoms with E-state index in [0.717, 1.165) is 0 Å². The van der Waals surface area contributed by atoms with Crippen molar-refractivity contribution >= 4 is 29.2 Å². The highest BCUT2D eigenvalue weighted by Gasteiger charge is 2.15. The van der Waals surface area contributed by atoms with Crippen LogP contribution in [0, 0.1) is 0 Å². The number of nitrogens with one attached hydrogen (secondary N) is 1. The van der Waals surface area contributed by atoms with E-state index in [0.29, 0.717) is 40.9 Å². The van der Waals surface area contributed by atoms with Crippen LogP contribution >= 0.6 is 11.6 Å². The highest BCUT2D eigenvalue weighted by molar-refractivity contribution is 6.31. The van der Waals surface area contributed by atoms with Gasteiger partial charge in [-0.3, -0.25) is 4.79 Å². The highest BCUT2D eigenvalue weighted by atomic mass is 35.5. The van der Waals surface area contributed by atoms with Gasteiger partial charge in [0.2, 0.25) is 0 Å². The Labute approximate surface area is 185 Å². The van der Waals surface area contributed by atoms with E-state index in [9.17, 15) is 9.59 Å². The Hall–Kier alpha value is -3.51. The first-order chi connectivity index (χ1) is 15.0. The zero-order chi connectivity index (χ0) is 22.2. The molecule has 160 valence electrons. The summed E-state index contributed by atoms with van der Waals surface area (Å²) in [4.78, 5) is 25.2. The van der Waals surface area contributed by atoms with Gasteiger partial charge in [-0.1, -0.05) is 11.6 Å². The molecule has 7 heteroatoms. The molecule has 0 heterocycles. The molecule has 3 rings (SSSR count). The van der Waals surface area contributed by atoms with Crippen LogP contribution in [0.1, 0.15) is 34.6 Å². The van der Waals surface area contributed by atoms with Crippen LogP contribution < -0.4 is 19.5 Å². The van der Waals surface area contributed by atoms with Gasteiger partial charge in [-0.2, -0.15) is 0 Å². The topological polar surface area (TPSA) is 73.9 Å². The number of carbonyl (C=O) groups is 2.